The number of piperidine rings is 1. The Kier molecular flexibility index (Phi) is 10.2. The van der Waals surface area contributed by atoms with Crippen molar-refractivity contribution in [1.82, 2.24) is 15.5 Å². The van der Waals surface area contributed by atoms with E-state index in [2.05, 4.69) is 42.1 Å². The van der Waals surface area contributed by atoms with Crippen LogP contribution in [0.2, 0.25) is 0 Å². The maximum absolute atomic E-state index is 14.1. The van der Waals surface area contributed by atoms with Crippen LogP contribution in [0.3, 0.4) is 0 Å². The van der Waals surface area contributed by atoms with Gasteiger partial charge in [0.25, 0.3) is 0 Å². The number of halogens is 4. The zero-order chi connectivity index (χ0) is 20.6. The number of hydrogen-bond donors (Lipinski definition) is 2. The summed E-state index contributed by atoms with van der Waals surface area (Å²) in [5.41, 5.74) is 1.38. The van der Waals surface area contributed by atoms with Crippen LogP contribution in [0.5, 0.6) is 5.75 Å². The van der Waals surface area contributed by atoms with Crippen molar-refractivity contribution in [2.45, 2.75) is 38.6 Å². The fraction of sp³-hybridized carbons (Fsp3) is 0.450. The summed E-state index contributed by atoms with van der Waals surface area (Å²) in [7, 11) is 1.62. The maximum Gasteiger partial charge on any atom is 0.387 e. The minimum absolute atomic E-state index is 0. The lowest BCUT2D eigenvalue weighted by Crippen LogP contribution is -2.48. The summed E-state index contributed by atoms with van der Waals surface area (Å²) in [6, 6.07) is 6.28. The molecule has 30 heavy (non-hydrogen) atoms. The molecule has 2 N–H and O–H groups in total. The monoisotopic (exact) mass is 554 g/mol. The van der Waals surface area contributed by atoms with Crippen LogP contribution in [-0.4, -0.2) is 43.6 Å². The second kappa shape index (κ2) is 12.4. The van der Waals surface area contributed by atoms with Crippen LogP contribution in [-0.2, 0) is 13.1 Å². The predicted octanol–water partition coefficient (Wildman–Crippen LogP) is 4.44. The Hall–Kier alpha value is -1.53. The van der Waals surface area contributed by atoms with Crippen LogP contribution >= 0.6 is 35.3 Å². The molecule has 5 nitrogen and oxygen atoms in total. The number of likely N-dealkylation sites (tertiary alicyclic amines) is 1. The first-order valence-corrected chi connectivity index (χ1v) is 10.4. The molecule has 2 heterocycles. The molecule has 0 atom stereocenters. The van der Waals surface area contributed by atoms with Gasteiger partial charge in [0, 0.05) is 44.8 Å². The molecule has 0 aliphatic carbocycles. The van der Waals surface area contributed by atoms with Gasteiger partial charge in [0.1, 0.15) is 11.6 Å². The number of benzene rings is 1. The first-order chi connectivity index (χ1) is 14.0. The summed E-state index contributed by atoms with van der Waals surface area (Å²) >= 11 is 1.71. The molecule has 1 aromatic heterocycles. The van der Waals surface area contributed by atoms with Crippen LogP contribution in [0.1, 0.15) is 24.0 Å². The molecule has 0 bridgehead atoms. The number of ether oxygens (including phenoxy) is 1. The normalized spacial score (nSPS) is 15.7. The number of guanidine groups is 1. The quantitative estimate of drug-likeness (QED) is 0.302. The number of nitrogens with zero attached hydrogens (tertiary/aromatic N) is 2. The van der Waals surface area contributed by atoms with Crippen molar-refractivity contribution in [3.05, 3.63) is 52.0 Å². The summed E-state index contributed by atoms with van der Waals surface area (Å²) in [6.07, 6.45) is 1.93. The van der Waals surface area contributed by atoms with Gasteiger partial charge in [-0.25, -0.2) is 4.39 Å². The molecule has 0 saturated carbocycles. The third-order valence-corrected chi connectivity index (χ3v) is 5.59. The lowest BCUT2D eigenvalue weighted by atomic mass is 10.0. The molecule has 1 aliphatic rings. The van der Waals surface area contributed by atoms with Crippen molar-refractivity contribution in [1.29, 1.82) is 0 Å². The maximum atomic E-state index is 14.1. The van der Waals surface area contributed by atoms with Crippen molar-refractivity contribution in [2.75, 3.05) is 20.1 Å². The molecule has 166 valence electrons. The van der Waals surface area contributed by atoms with Gasteiger partial charge < -0.3 is 15.4 Å². The zero-order valence-corrected chi connectivity index (χ0v) is 19.8. The van der Waals surface area contributed by atoms with Gasteiger partial charge in [0.05, 0.1) is 0 Å². The Labute approximate surface area is 195 Å². The molecule has 0 spiro atoms. The van der Waals surface area contributed by atoms with E-state index in [0.717, 1.165) is 32.5 Å². The third-order valence-electron chi connectivity index (χ3n) is 4.86. The first-order valence-electron chi connectivity index (χ1n) is 9.48. The van der Waals surface area contributed by atoms with E-state index in [-0.39, 0.29) is 47.9 Å². The van der Waals surface area contributed by atoms with Gasteiger partial charge in [-0.2, -0.15) is 20.1 Å². The lowest BCUT2D eigenvalue weighted by molar-refractivity contribution is -0.0506. The van der Waals surface area contributed by atoms with Crippen LogP contribution in [0.25, 0.3) is 0 Å². The number of aliphatic imine (C=N–C) groups is 1. The molecular formula is C20H26F3IN4OS. The summed E-state index contributed by atoms with van der Waals surface area (Å²) in [6.45, 7) is -0.101. The minimum atomic E-state index is -3.01. The van der Waals surface area contributed by atoms with E-state index in [1.807, 2.05) is 0 Å². The van der Waals surface area contributed by atoms with Gasteiger partial charge in [0.2, 0.25) is 0 Å². The van der Waals surface area contributed by atoms with Gasteiger partial charge in [0.15, 0.2) is 5.96 Å². The van der Waals surface area contributed by atoms with Crippen molar-refractivity contribution in [2.24, 2.45) is 4.99 Å². The molecule has 0 radical (unpaired) electrons. The number of nitrogens with one attached hydrogen (secondary N) is 2. The lowest BCUT2D eigenvalue weighted by Gasteiger charge is -2.33. The molecule has 1 fully saturated rings. The van der Waals surface area contributed by atoms with E-state index in [9.17, 15) is 13.2 Å². The summed E-state index contributed by atoms with van der Waals surface area (Å²) < 4.78 is 43.6. The minimum Gasteiger partial charge on any atom is -0.434 e. The summed E-state index contributed by atoms with van der Waals surface area (Å²) in [5, 5.41) is 10.6. The van der Waals surface area contributed by atoms with Crippen LogP contribution < -0.4 is 15.4 Å². The molecule has 1 aliphatic heterocycles. The highest BCUT2D eigenvalue weighted by Crippen LogP contribution is 2.23. The van der Waals surface area contributed by atoms with Crippen molar-refractivity contribution in [3.63, 3.8) is 0 Å². The number of hydrogen-bond acceptors (Lipinski definition) is 4. The molecule has 1 saturated heterocycles. The average Bonchev–Trinajstić information content (AvgIpc) is 3.20. The van der Waals surface area contributed by atoms with E-state index in [0.29, 0.717) is 5.96 Å². The van der Waals surface area contributed by atoms with Gasteiger partial charge in [-0.1, -0.05) is 6.07 Å². The van der Waals surface area contributed by atoms with Crippen molar-refractivity contribution >= 4 is 41.3 Å². The predicted molar refractivity (Wildman–Crippen MR) is 124 cm³/mol. The molecule has 1 aromatic carbocycles. The van der Waals surface area contributed by atoms with Crippen LogP contribution in [0.15, 0.2) is 40.0 Å². The van der Waals surface area contributed by atoms with E-state index in [1.54, 1.807) is 18.4 Å². The number of thiophene rings is 1. The topological polar surface area (TPSA) is 48.9 Å². The SMILES string of the molecule is CN=C(NCc1c(F)cccc1OC(F)F)NC1CCN(Cc2ccsc2)CC1.I. The Morgan fingerprint density at radius 2 is 2.07 bits per heavy atom. The van der Waals surface area contributed by atoms with Gasteiger partial charge >= 0.3 is 6.61 Å². The Balaban J connectivity index is 0.00000320. The van der Waals surface area contributed by atoms with E-state index in [4.69, 9.17) is 0 Å². The second-order valence-electron chi connectivity index (χ2n) is 6.85. The molecule has 0 amide bonds. The highest BCUT2D eigenvalue weighted by atomic mass is 127. The van der Waals surface area contributed by atoms with Gasteiger partial charge in [-0.15, -0.1) is 24.0 Å². The van der Waals surface area contributed by atoms with E-state index >= 15 is 0 Å². The standard InChI is InChI=1S/C20H25F3N4OS.HI/c1-24-20(25-11-16-17(21)3-2-4-18(16)28-19(22)23)26-15-5-8-27(9-6-15)12-14-7-10-29-13-14;/h2-4,7,10,13,15,19H,5-6,8-9,11-12H2,1H3,(H2,24,25,26);1H. The number of rotatable bonds is 7. The van der Waals surface area contributed by atoms with Crippen LogP contribution in [0, 0.1) is 5.82 Å². The second-order valence-corrected chi connectivity index (χ2v) is 7.63. The molecule has 10 heteroatoms. The molecule has 0 unspecified atom stereocenters. The highest BCUT2D eigenvalue weighted by molar-refractivity contribution is 14.0. The molecular weight excluding hydrogens is 528 g/mol. The summed E-state index contributed by atoms with van der Waals surface area (Å²) in [5.74, 6) is -0.273. The summed E-state index contributed by atoms with van der Waals surface area (Å²) in [4.78, 5) is 6.59. The molecule has 3 rings (SSSR count). The van der Waals surface area contributed by atoms with Gasteiger partial charge in [-0.05, 0) is 47.4 Å². The smallest absolute Gasteiger partial charge is 0.387 e. The van der Waals surface area contributed by atoms with E-state index in [1.165, 1.54) is 23.8 Å². The average molecular weight is 554 g/mol. The van der Waals surface area contributed by atoms with Crippen molar-refractivity contribution in [3.8, 4) is 5.75 Å². The fourth-order valence-corrected chi connectivity index (χ4v) is 4.01. The Morgan fingerprint density at radius 1 is 1.30 bits per heavy atom. The zero-order valence-electron chi connectivity index (χ0n) is 16.6. The Bertz CT molecular complexity index is 799. The first kappa shape index (κ1) is 24.7. The highest BCUT2D eigenvalue weighted by Gasteiger charge is 2.21. The van der Waals surface area contributed by atoms with Gasteiger partial charge in [-0.3, -0.25) is 9.89 Å². The van der Waals surface area contributed by atoms with Crippen molar-refractivity contribution < 1.29 is 17.9 Å². The largest absolute Gasteiger partial charge is 0.434 e. The number of alkyl halides is 2. The van der Waals surface area contributed by atoms with Crippen LogP contribution in [0.4, 0.5) is 13.2 Å². The fourth-order valence-electron chi connectivity index (χ4n) is 3.35. The van der Waals surface area contributed by atoms with E-state index < -0.39 is 12.4 Å². The Morgan fingerprint density at radius 3 is 2.70 bits per heavy atom. The molecule has 2 aromatic rings. The third kappa shape index (κ3) is 7.31.